The zero-order valence-corrected chi connectivity index (χ0v) is 28.0. The molecule has 0 fully saturated rings. The van der Waals surface area contributed by atoms with Gasteiger partial charge >= 0.3 is 0 Å². The molecule has 0 bridgehead atoms. The van der Waals surface area contributed by atoms with Gasteiger partial charge in [-0.3, -0.25) is 14.3 Å². The highest BCUT2D eigenvalue weighted by Crippen LogP contribution is 2.41. The standard InChI is InChI=1S/C31H47N7O2Si/c1-19(2)41(20(3)4,21(5)6)15-14-25-16-24(28-29-27(32-18-33-28)22(7)36-37(29)12)17-26(34-25)35-30(39)23(8)38(13)40-31(9,10)11/h16-21,23H,1-13H3,(H,34,35,39). The summed E-state index contributed by atoms with van der Waals surface area (Å²) >= 11 is 0. The maximum atomic E-state index is 13.3. The Kier molecular flexibility index (Phi) is 9.79. The van der Waals surface area contributed by atoms with Crippen molar-refractivity contribution in [1.29, 1.82) is 0 Å². The van der Waals surface area contributed by atoms with Crippen molar-refractivity contribution in [3.63, 3.8) is 0 Å². The number of carbonyl (C=O) groups excluding carboxylic acids is 1. The van der Waals surface area contributed by atoms with Crippen LogP contribution < -0.4 is 5.32 Å². The van der Waals surface area contributed by atoms with Gasteiger partial charge in [0, 0.05) is 19.7 Å². The van der Waals surface area contributed by atoms with Gasteiger partial charge in [0.1, 0.15) is 43.0 Å². The molecule has 41 heavy (non-hydrogen) atoms. The van der Waals surface area contributed by atoms with Crippen LogP contribution in [0.1, 0.15) is 80.6 Å². The summed E-state index contributed by atoms with van der Waals surface area (Å²) in [4.78, 5) is 33.1. The lowest BCUT2D eigenvalue weighted by atomic mass is 10.1. The molecule has 3 rings (SSSR count). The second kappa shape index (κ2) is 12.4. The number of likely N-dealkylation sites (N-methyl/N-ethyl adjacent to an activating group) is 1. The number of hydroxylamine groups is 2. The fourth-order valence-corrected chi connectivity index (χ4v) is 11.0. The van der Waals surface area contributed by atoms with Gasteiger partial charge in [0.2, 0.25) is 5.91 Å². The van der Waals surface area contributed by atoms with Crippen LogP contribution in [0.4, 0.5) is 5.82 Å². The second-order valence-electron chi connectivity index (χ2n) is 12.8. The third-order valence-electron chi connectivity index (χ3n) is 7.75. The molecule has 3 aromatic rings. The summed E-state index contributed by atoms with van der Waals surface area (Å²) in [5.74, 6) is 3.62. The van der Waals surface area contributed by atoms with E-state index in [0.717, 1.165) is 22.3 Å². The molecule has 0 aliphatic heterocycles. The number of aromatic nitrogens is 5. The summed E-state index contributed by atoms with van der Waals surface area (Å²) in [5, 5.41) is 9.12. The number of rotatable bonds is 8. The van der Waals surface area contributed by atoms with Gasteiger partial charge in [-0.25, -0.2) is 15.0 Å². The monoisotopic (exact) mass is 577 g/mol. The minimum absolute atomic E-state index is 0.236. The normalized spacial score (nSPS) is 13.3. The molecule has 1 unspecified atom stereocenters. The van der Waals surface area contributed by atoms with Crippen molar-refractivity contribution in [2.45, 2.75) is 104 Å². The van der Waals surface area contributed by atoms with Crippen molar-refractivity contribution < 1.29 is 9.63 Å². The fourth-order valence-electron chi connectivity index (χ4n) is 5.79. The first-order valence-electron chi connectivity index (χ1n) is 14.4. The van der Waals surface area contributed by atoms with Crippen LogP contribution in [-0.4, -0.2) is 62.5 Å². The Labute approximate surface area is 246 Å². The molecular formula is C31H47N7O2Si. The lowest BCUT2D eigenvalue weighted by Crippen LogP contribution is -2.43. The van der Waals surface area contributed by atoms with Gasteiger partial charge in [-0.15, -0.1) is 5.54 Å². The van der Waals surface area contributed by atoms with Crippen molar-refractivity contribution in [2.24, 2.45) is 7.05 Å². The zero-order chi connectivity index (χ0) is 30.9. The van der Waals surface area contributed by atoms with Crippen molar-refractivity contribution >= 4 is 30.8 Å². The minimum atomic E-state index is -2.01. The molecular weight excluding hydrogens is 530 g/mol. The summed E-state index contributed by atoms with van der Waals surface area (Å²) in [5.41, 5.74) is 9.29. The molecule has 222 valence electrons. The lowest BCUT2D eigenvalue weighted by molar-refractivity contribution is -0.229. The van der Waals surface area contributed by atoms with E-state index < -0.39 is 19.7 Å². The van der Waals surface area contributed by atoms with Crippen molar-refractivity contribution in [1.82, 2.24) is 29.8 Å². The van der Waals surface area contributed by atoms with Crippen LogP contribution in [0.15, 0.2) is 18.5 Å². The quantitative estimate of drug-likeness (QED) is 0.191. The molecule has 1 N–H and O–H groups in total. The predicted molar refractivity (Wildman–Crippen MR) is 169 cm³/mol. The molecule has 0 spiro atoms. The zero-order valence-electron chi connectivity index (χ0n) is 27.0. The number of nitrogens with zero attached hydrogens (tertiary/aromatic N) is 6. The number of amides is 1. The number of fused-ring (bicyclic) bond motifs is 1. The summed E-state index contributed by atoms with van der Waals surface area (Å²) in [7, 11) is 1.63. The van der Waals surface area contributed by atoms with Crippen molar-refractivity contribution in [3.8, 4) is 22.7 Å². The Bertz CT molecular complexity index is 1440. The molecule has 0 radical (unpaired) electrons. The first-order chi connectivity index (χ1) is 19.0. The molecule has 0 aliphatic rings. The Morgan fingerprint density at radius 2 is 1.66 bits per heavy atom. The van der Waals surface area contributed by atoms with Crippen LogP contribution in [-0.2, 0) is 16.7 Å². The SMILES string of the molecule is Cc1nn(C)c2c(-c3cc(C#C[Si](C(C)C)(C(C)C)C(C)C)nc(NC(=O)C(C)N(C)OC(C)(C)C)c3)ncnc12. The van der Waals surface area contributed by atoms with E-state index >= 15 is 0 Å². The van der Waals surface area contributed by atoms with Gasteiger partial charge in [0.05, 0.1) is 17.0 Å². The summed E-state index contributed by atoms with van der Waals surface area (Å²) in [6.45, 7) is 23.3. The lowest BCUT2D eigenvalue weighted by Gasteiger charge is -2.38. The Morgan fingerprint density at radius 1 is 1.05 bits per heavy atom. The maximum Gasteiger partial charge on any atom is 0.244 e. The van der Waals surface area contributed by atoms with Crippen LogP contribution >= 0.6 is 0 Å². The van der Waals surface area contributed by atoms with Crippen molar-refractivity contribution in [3.05, 3.63) is 29.8 Å². The predicted octanol–water partition coefficient (Wildman–Crippen LogP) is 6.29. The molecule has 3 aromatic heterocycles. The van der Waals surface area contributed by atoms with Crippen LogP contribution in [0.25, 0.3) is 22.3 Å². The fraction of sp³-hybridized carbons (Fsp3) is 0.581. The highest BCUT2D eigenvalue weighted by molar-refractivity contribution is 6.90. The Balaban J connectivity index is 2.17. The van der Waals surface area contributed by atoms with Crippen LogP contribution in [0.2, 0.25) is 16.6 Å². The van der Waals surface area contributed by atoms with Crippen LogP contribution in [0.5, 0.6) is 0 Å². The molecule has 0 saturated carbocycles. The maximum absolute atomic E-state index is 13.3. The van der Waals surface area contributed by atoms with E-state index in [0.29, 0.717) is 33.8 Å². The average molecular weight is 578 g/mol. The van der Waals surface area contributed by atoms with Gasteiger partial charge in [-0.1, -0.05) is 47.5 Å². The van der Waals surface area contributed by atoms with E-state index in [9.17, 15) is 4.79 Å². The summed E-state index contributed by atoms with van der Waals surface area (Å²) in [6, 6.07) is 3.23. The molecule has 0 saturated heterocycles. The Hall–Kier alpha value is -3.13. The average Bonchev–Trinajstić information content (AvgIpc) is 3.15. The van der Waals surface area contributed by atoms with Gasteiger partial charge in [0.25, 0.3) is 0 Å². The summed E-state index contributed by atoms with van der Waals surface area (Å²) in [6.07, 6.45) is 1.55. The third kappa shape index (κ3) is 7.03. The molecule has 1 atom stereocenters. The second-order valence-corrected chi connectivity index (χ2v) is 18.4. The smallest absolute Gasteiger partial charge is 0.244 e. The van der Waals surface area contributed by atoms with E-state index in [1.54, 1.807) is 30.0 Å². The highest BCUT2D eigenvalue weighted by Gasteiger charge is 2.41. The summed E-state index contributed by atoms with van der Waals surface area (Å²) < 4.78 is 1.79. The Morgan fingerprint density at radius 3 is 2.22 bits per heavy atom. The molecule has 9 nitrogen and oxygen atoms in total. The number of hydrogen-bond acceptors (Lipinski definition) is 7. The topological polar surface area (TPSA) is 98.1 Å². The third-order valence-corrected chi connectivity index (χ3v) is 14.0. The van der Waals surface area contributed by atoms with E-state index in [4.69, 9.17) is 9.82 Å². The number of hydrogen-bond donors (Lipinski definition) is 1. The molecule has 1 amide bonds. The van der Waals surface area contributed by atoms with Gasteiger partial charge < -0.3 is 5.32 Å². The van der Waals surface area contributed by atoms with Gasteiger partial charge in [-0.05, 0) is 63.4 Å². The van der Waals surface area contributed by atoms with E-state index in [1.165, 1.54) is 0 Å². The molecule has 10 heteroatoms. The van der Waals surface area contributed by atoms with Gasteiger partial charge in [-0.2, -0.15) is 10.2 Å². The first kappa shape index (κ1) is 32.4. The number of pyridine rings is 1. The molecule has 0 aliphatic carbocycles. The highest BCUT2D eigenvalue weighted by atomic mass is 28.3. The molecule has 3 heterocycles. The van der Waals surface area contributed by atoms with Gasteiger partial charge in [0.15, 0.2) is 0 Å². The van der Waals surface area contributed by atoms with E-state index in [2.05, 4.69) is 73.4 Å². The van der Waals surface area contributed by atoms with E-state index in [-0.39, 0.29) is 5.91 Å². The number of carbonyl (C=O) groups is 1. The van der Waals surface area contributed by atoms with Crippen LogP contribution in [0, 0.1) is 18.4 Å². The number of aryl methyl sites for hydroxylation is 2. The minimum Gasteiger partial charge on any atom is -0.309 e. The number of anilines is 1. The van der Waals surface area contributed by atoms with Crippen molar-refractivity contribution in [2.75, 3.05) is 12.4 Å². The molecule has 0 aromatic carbocycles. The van der Waals surface area contributed by atoms with Crippen LogP contribution in [0.3, 0.4) is 0 Å². The first-order valence-corrected chi connectivity index (χ1v) is 16.6. The largest absolute Gasteiger partial charge is 0.309 e. The van der Waals surface area contributed by atoms with E-state index in [1.807, 2.05) is 46.9 Å². The number of nitrogens with one attached hydrogen (secondary N) is 1.